The van der Waals surface area contributed by atoms with Crippen LogP contribution in [0.5, 0.6) is 0 Å². The first-order valence-corrected chi connectivity index (χ1v) is 7.55. The molecule has 0 aliphatic carbocycles. The highest BCUT2D eigenvalue weighted by atomic mass is 32.1. The van der Waals surface area contributed by atoms with Crippen molar-refractivity contribution in [2.75, 3.05) is 6.54 Å². The largest absolute Gasteiger partial charge is 0.312 e. The van der Waals surface area contributed by atoms with Crippen LogP contribution in [-0.2, 0) is 6.42 Å². The number of nitrogens with zero attached hydrogens (tertiary/aromatic N) is 4. The van der Waals surface area contributed by atoms with Gasteiger partial charge in [0.15, 0.2) is 5.01 Å². The Labute approximate surface area is 115 Å². The summed E-state index contributed by atoms with van der Waals surface area (Å²) < 4.78 is 3.83. The molecule has 2 aromatic rings. The zero-order chi connectivity index (χ0) is 13.0. The second-order valence-corrected chi connectivity index (χ2v) is 6.74. The molecule has 0 amide bonds. The summed E-state index contributed by atoms with van der Waals surface area (Å²) in [6.45, 7) is 7.51. The van der Waals surface area contributed by atoms with Crippen LogP contribution in [0.2, 0.25) is 0 Å². The van der Waals surface area contributed by atoms with E-state index in [4.69, 9.17) is 0 Å². The van der Waals surface area contributed by atoms with Gasteiger partial charge in [0.05, 0.1) is 0 Å². The van der Waals surface area contributed by atoms with Gasteiger partial charge in [0.2, 0.25) is 0 Å². The van der Waals surface area contributed by atoms with E-state index < -0.39 is 0 Å². The molecule has 2 heterocycles. The summed E-state index contributed by atoms with van der Waals surface area (Å²) in [6, 6.07) is 0. The van der Waals surface area contributed by atoms with E-state index in [9.17, 15) is 0 Å². The van der Waals surface area contributed by atoms with Gasteiger partial charge in [-0.2, -0.15) is 0 Å². The van der Waals surface area contributed by atoms with E-state index in [1.807, 2.05) is 5.38 Å². The highest BCUT2D eigenvalue weighted by Crippen LogP contribution is 2.22. The molecule has 2 rings (SSSR count). The van der Waals surface area contributed by atoms with Gasteiger partial charge in [0.1, 0.15) is 10.7 Å². The van der Waals surface area contributed by atoms with E-state index in [1.165, 1.54) is 11.5 Å². The monoisotopic (exact) mass is 283 g/mol. The second-order valence-electron chi connectivity index (χ2n) is 5.07. The molecule has 5 nitrogen and oxygen atoms in total. The fourth-order valence-corrected chi connectivity index (χ4v) is 2.77. The van der Waals surface area contributed by atoms with Crippen LogP contribution in [0.3, 0.4) is 0 Å². The van der Waals surface area contributed by atoms with E-state index in [0.29, 0.717) is 0 Å². The Morgan fingerprint density at radius 2 is 2.06 bits per heavy atom. The lowest BCUT2D eigenvalue weighted by Gasteiger charge is -2.20. The molecule has 0 fully saturated rings. The molecule has 0 aromatic carbocycles. The summed E-state index contributed by atoms with van der Waals surface area (Å²) in [4.78, 5) is 0. The summed E-state index contributed by atoms with van der Waals surface area (Å²) in [5, 5.41) is 19.6. The summed E-state index contributed by atoms with van der Waals surface area (Å²) in [7, 11) is 0. The highest BCUT2D eigenvalue weighted by Gasteiger charge is 2.10. The van der Waals surface area contributed by atoms with E-state index in [2.05, 4.69) is 45.9 Å². The molecule has 18 heavy (non-hydrogen) atoms. The van der Waals surface area contributed by atoms with Gasteiger partial charge >= 0.3 is 0 Å². The Balaban J connectivity index is 1.81. The molecule has 0 bridgehead atoms. The van der Waals surface area contributed by atoms with Crippen LogP contribution in [0.1, 0.15) is 32.2 Å². The Hall–Kier alpha value is -0.920. The number of rotatable bonds is 5. The van der Waals surface area contributed by atoms with Crippen LogP contribution in [-0.4, -0.2) is 31.9 Å². The zero-order valence-electron chi connectivity index (χ0n) is 10.8. The average molecular weight is 283 g/mol. The van der Waals surface area contributed by atoms with Crippen molar-refractivity contribution >= 4 is 22.9 Å². The fourth-order valence-electron chi connectivity index (χ4n) is 1.42. The molecular weight excluding hydrogens is 266 g/mol. The quantitative estimate of drug-likeness (QED) is 0.854. The maximum Gasteiger partial charge on any atom is 0.169 e. The standard InChI is InChI=1S/C11H17N5S2/c1-11(2,3)12-6-4-5-9-14-15-10(18-9)8-7-17-16-13-8/h7,12H,4-6H2,1-3H3. The summed E-state index contributed by atoms with van der Waals surface area (Å²) in [5.41, 5.74) is 1.01. The van der Waals surface area contributed by atoms with Gasteiger partial charge in [-0.25, -0.2) is 0 Å². The second kappa shape index (κ2) is 5.81. The maximum absolute atomic E-state index is 4.18. The van der Waals surface area contributed by atoms with E-state index in [0.717, 1.165) is 35.1 Å². The Morgan fingerprint density at radius 1 is 1.22 bits per heavy atom. The van der Waals surface area contributed by atoms with Crippen molar-refractivity contribution in [3.05, 3.63) is 10.4 Å². The van der Waals surface area contributed by atoms with Gasteiger partial charge in [-0.05, 0) is 45.3 Å². The average Bonchev–Trinajstić information content (AvgIpc) is 2.93. The topological polar surface area (TPSA) is 63.6 Å². The Morgan fingerprint density at radius 3 is 2.72 bits per heavy atom. The van der Waals surface area contributed by atoms with Gasteiger partial charge in [0, 0.05) is 17.3 Å². The normalized spacial score (nSPS) is 11.9. The van der Waals surface area contributed by atoms with Gasteiger partial charge in [-0.1, -0.05) is 15.8 Å². The van der Waals surface area contributed by atoms with Crippen LogP contribution < -0.4 is 5.32 Å². The van der Waals surface area contributed by atoms with E-state index in [1.54, 1.807) is 11.3 Å². The lowest BCUT2D eigenvalue weighted by atomic mass is 10.1. The Kier molecular flexibility index (Phi) is 4.36. The van der Waals surface area contributed by atoms with Gasteiger partial charge < -0.3 is 5.32 Å². The third kappa shape index (κ3) is 4.08. The molecule has 7 heteroatoms. The van der Waals surface area contributed by atoms with Crippen molar-refractivity contribution in [1.82, 2.24) is 25.1 Å². The fraction of sp³-hybridized carbons (Fsp3) is 0.636. The van der Waals surface area contributed by atoms with Crippen LogP contribution in [0.25, 0.3) is 10.7 Å². The smallest absolute Gasteiger partial charge is 0.169 e. The molecule has 0 spiro atoms. The first kappa shape index (κ1) is 13.5. The summed E-state index contributed by atoms with van der Waals surface area (Å²) in [5.74, 6) is 0. The minimum atomic E-state index is 0.179. The van der Waals surface area contributed by atoms with Gasteiger partial charge in [0.25, 0.3) is 0 Å². The summed E-state index contributed by atoms with van der Waals surface area (Å²) >= 11 is 2.94. The number of nitrogens with one attached hydrogen (secondary N) is 1. The highest BCUT2D eigenvalue weighted by molar-refractivity contribution is 7.15. The van der Waals surface area contributed by atoms with Crippen LogP contribution >= 0.6 is 22.9 Å². The molecule has 0 atom stereocenters. The van der Waals surface area contributed by atoms with Crippen molar-refractivity contribution in [3.8, 4) is 10.7 Å². The molecule has 98 valence electrons. The molecule has 0 aliphatic rings. The predicted molar refractivity (Wildman–Crippen MR) is 74.9 cm³/mol. The third-order valence-electron chi connectivity index (χ3n) is 2.27. The van der Waals surface area contributed by atoms with Crippen LogP contribution in [0.4, 0.5) is 0 Å². The number of hydrogen-bond donors (Lipinski definition) is 1. The number of aromatic nitrogens is 4. The molecule has 0 radical (unpaired) electrons. The Bertz CT molecular complexity index is 472. The first-order valence-electron chi connectivity index (χ1n) is 5.89. The van der Waals surface area contributed by atoms with Crippen molar-refractivity contribution < 1.29 is 0 Å². The first-order chi connectivity index (χ1) is 8.54. The van der Waals surface area contributed by atoms with Crippen LogP contribution in [0.15, 0.2) is 5.38 Å². The van der Waals surface area contributed by atoms with E-state index in [-0.39, 0.29) is 5.54 Å². The molecule has 2 aromatic heterocycles. The minimum Gasteiger partial charge on any atom is -0.312 e. The predicted octanol–water partition coefficient (Wildman–Crippen LogP) is 2.38. The maximum atomic E-state index is 4.18. The SMILES string of the molecule is CC(C)(C)NCCCc1nnc(-c2csnn2)s1. The number of hydrogen-bond acceptors (Lipinski definition) is 7. The lowest BCUT2D eigenvalue weighted by Crippen LogP contribution is -2.36. The minimum absolute atomic E-state index is 0.179. The van der Waals surface area contributed by atoms with Crippen molar-refractivity contribution in [1.29, 1.82) is 0 Å². The van der Waals surface area contributed by atoms with Crippen molar-refractivity contribution in [2.45, 2.75) is 39.2 Å². The molecule has 0 unspecified atom stereocenters. The molecule has 0 saturated carbocycles. The third-order valence-corrected chi connectivity index (χ3v) is 3.78. The van der Waals surface area contributed by atoms with Crippen molar-refractivity contribution in [2.24, 2.45) is 0 Å². The summed E-state index contributed by atoms with van der Waals surface area (Å²) in [6.07, 6.45) is 2.03. The van der Waals surface area contributed by atoms with Crippen LogP contribution in [0, 0.1) is 0 Å². The van der Waals surface area contributed by atoms with E-state index >= 15 is 0 Å². The molecule has 1 N–H and O–H groups in total. The zero-order valence-corrected chi connectivity index (χ0v) is 12.4. The van der Waals surface area contributed by atoms with Gasteiger partial charge in [-0.3, -0.25) is 0 Å². The molecule has 0 aliphatic heterocycles. The van der Waals surface area contributed by atoms with Gasteiger partial charge in [-0.15, -0.1) is 15.3 Å². The molecular formula is C11H17N5S2. The number of aryl methyl sites for hydroxylation is 1. The molecule has 0 saturated heterocycles. The lowest BCUT2D eigenvalue weighted by molar-refractivity contribution is 0.422. The van der Waals surface area contributed by atoms with Crippen molar-refractivity contribution in [3.63, 3.8) is 0 Å².